The molecule has 0 bridgehead atoms. The number of aromatic amines is 1. The average molecular weight is 469 g/mol. The van der Waals surface area contributed by atoms with Gasteiger partial charge in [-0.3, -0.25) is 19.5 Å². The molecule has 168 valence electrons. The molecule has 0 fully saturated rings. The summed E-state index contributed by atoms with van der Waals surface area (Å²) in [5, 5.41) is 18.0. The van der Waals surface area contributed by atoms with Crippen molar-refractivity contribution in [2.75, 3.05) is 11.9 Å². The van der Waals surface area contributed by atoms with E-state index in [-0.39, 0.29) is 53.5 Å². The highest BCUT2D eigenvalue weighted by Gasteiger charge is 2.18. The SMILES string of the molecule is CCOC(=O)Cc1nnc(CNC(=O)c2cc(NC(=O)c3cc(F)c(F)cc3Cl)n[nH]2)o1. The van der Waals surface area contributed by atoms with E-state index in [0.717, 1.165) is 0 Å². The second-order valence-corrected chi connectivity index (χ2v) is 6.53. The summed E-state index contributed by atoms with van der Waals surface area (Å²) in [5.74, 6) is -4.40. The summed E-state index contributed by atoms with van der Waals surface area (Å²) < 4.78 is 36.5. The minimum atomic E-state index is -1.24. The first kappa shape index (κ1) is 22.8. The minimum absolute atomic E-state index is 0.0251. The first-order valence-corrected chi connectivity index (χ1v) is 9.41. The molecule has 3 N–H and O–H groups in total. The molecule has 14 heteroatoms. The Morgan fingerprint density at radius 2 is 1.84 bits per heavy atom. The Morgan fingerprint density at radius 3 is 2.59 bits per heavy atom. The Labute approximate surface area is 183 Å². The van der Waals surface area contributed by atoms with Crippen LogP contribution in [-0.4, -0.2) is 44.8 Å². The number of hydrogen-bond donors (Lipinski definition) is 3. The predicted octanol–water partition coefficient (Wildman–Crippen LogP) is 2.01. The summed E-state index contributed by atoms with van der Waals surface area (Å²) in [6, 6.07) is 2.53. The molecule has 0 atom stereocenters. The maximum atomic E-state index is 13.4. The Hall–Kier alpha value is -3.87. The molecule has 0 aliphatic carbocycles. The second kappa shape index (κ2) is 9.96. The smallest absolute Gasteiger partial charge is 0.315 e. The first-order valence-electron chi connectivity index (χ1n) is 9.03. The van der Waals surface area contributed by atoms with Gasteiger partial charge in [0.15, 0.2) is 17.5 Å². The second-order valence-electron chi connectivity index (χ2n) is 6.12. The van der Waals surface area contributed by atoms with Gasteiger partial charge in [-0.2, -0.15) is 5.10 Å². The third kappa shape index (κ3) is 5.63. The van der Waals surface area contributed by atoms with Crippen LogP contribution in [0.4, 0.5) is 14.6 Å². The lowest BCUT2D eigenvalue weighted by atomic mass is 10.2. The van der Waals surface area contributed by atoms with Crippen LogP contribution in [0.5, 0.6) is 0 Å². The third-order valence-electron chi connectivity index (χ3n) is 3.83. The van der Waals surface area contributed by atoms with Crippen LogP contribution in [0.3, 0.4) is 0 Å². The zero-order valence-corrected chi connectivity index (χ0v) is 17.1. The van der Waals surface area contributed by atoms with Crippen molar-refractivity contribution in [1.29, 1.82) is 0 Å². The van der Waals surface area contributed by atoms with E-state index in [9.17, 15) is 23.2 Å². The number of amides is 2. The molecule has 0 saturated heterocycles. The van der Waals surface area contributed by atoms with Gasteiger partial charge in [-0.15, -0.1) is 10.2 Å². The number of carbonyl (C=O) groups excluding carboxylic acids is 3. The fourth-order valence-corrected chi connectivity index (χ4v) is 2.64. The minimum Gasteiger partial charge on any atom is -0.466 e. The number of carbonyl (C=O) groups is 3. The van der Waals surface area contributed by atoms with Crippen molar-refractivity contribution in [3.8, 4) is 0 Å². The molecular weight excluding hydrogens is 454 g/mol. The van der Waals surface area contributed by atoms with E-state index < -0.39 is 29.4 Å². The molecule has 0 unspecified atom stereocenters. The maximum absolute atomic E-state index is 13.4. The molecule has 0 aliphatic heterocycles. The lowest BCUT2D eigenvalue weighted by Crippen LogP contribution is -2.23. The summed E-state index contributed by atoms with van der Waals surface area (Å²) in [7, 11) is 0. The average Bonchev–Trinajstić information content (AvgIpc) is 3.38. The molecule has 2 amide bonds. The van der Waals surface area contributed by atoms with Crippen LogP contribution in [0.15, 0.2) is 22.6 Å². The molecule has 11 nitrogen and oxygen atoms in total. The first-order chi connectivity index (χ1) is 15.3. The summed E-state index contributed by atoms with van der Waals surface area (Å²) in [5.41, 5.74) is -0.336. The van der Waals surface area contributed by atoms with Gasteiger partial charge in [-0.1, -0.05) is 11.6 Å². The highest BCUT2D eigenvalue weighted by molar-refractivity contribution is 6.34. The van der Waals surface area contributed by atoms with Crippen molar-refractivity contribution in [2.45, 2.75) is 19.9 Å². The van der Waals surface area contributed by atoms with Gasteiger partial charge in [0.1, 0.15) is 12.1 Å². The number of ether oxygens (including phenoxy) is 1. The number of hydrogen-bond acceptors (Lipinski definition) is 8. The molecule has 0 saturated carbocycles. The van der Waals surface area contributed by atoms with Crippen molar-refractivity contribution < 1.29 is 32.3 Å². The number of halogens is 3. The molecule has 2 heterocycles. The van der Waals surface area contributed by atoms with Gasteiger partial charge in [0.05, 0.1) is 23.7 Å². The third-order valence-corrected chi connectivity index (χ3v) is 4.14. The van der Waals surface area contributed by atoms with Gasteiger partial charge < -0.3 is 19.8 Å². The normalized spacial score (nSPS) is 10.6. The van der Waals surface area contributed by atoms with Crippen molar-refractivity contribution >= 4 is 35.2 Å². The largest absolute Gasteiger partial charge is 0.466 e. The molecule has 3 rings (SSSR count). The van der Waals surface area contributed by atoms with Gasteiger partial charge in [-0.05, 0) is 19.1 Å². The van der Waals surface area contributed by atoms with E-state index in [1.54, 1.807) is 6.92 Å². The van der Waals surface area contributed by atoms with E-state index in [2.05, 4.69) is 31.0 Å². The Kier molecular flexibility index (Phi) is 7.10. The number of H-pyrrole nitrogens is 1. The quantitative estimate of drug-likeness (QED) is 0.335. The van der Waals surface area contributed by atoms with Gasteiger partial charge in [0, 0.05) is 6.07 Å². The lowest BCUT2D eigenvalue weighted by molar-refractivity contribution is -0.142. The number of benzene rings is 1. The molecule has 0 aliphatic rings. The summed E-state index contributed by atoms with van der Waals surface area (Å²) in [6.07, 6.45) is -0.194. The number of aromatic nitrogens is 4. The maximum Gasteiger partial charge on any atom is 0.315 e. The molecule has 32 heavy (non-hydrogen) atoms. The fraction of sp³-hybridized carbons (Fsp3) is 0.222. The Balaban J connectivity index is 1.56. The highest BCUT2D eigenvalue weighted by atomic mass is 35.5. The van der Waals surface area contributed by atoms with Crippen LogP contribution < -0.4 is 10.6 Å². The Bertz CT molecular complexity index is 1160. The van der Waals surface area contributed by atoms with Gasteiger partial charge >= 0.3 is 5.97 Å². The Morgan fingerprint density at radius 1 is 1.12 bits per heavy atom. The summed E-state index contributed by atoms with van der Waals surface area (Å²) in [6.45, 7) is 1.74. The van der Waals surface area contributed by atoms with Crippen molar-refractivity contribution in [1.82, 2.24) is 25.7 Å². The van der Waals surface area contributed by atoms with Crippen LogP contribution in [-0.2, 0) is 22.5 Å². The molecule has 1 aromatic carbocycles. The summed E-state index contributed by atoms with van der Waals surface area (Å²) in [4.78, 5) is 35.8. The highest BCUT2D eigenvalue weighted by Crippen LogP contribution is 2.21. The number of anilines is 1. The topological polar surface area (TPSA) is 152 Å². The standard InChI is InChI=1S/C18H15ClF2N6O5/c1-2-31-16(28)6-14-26-27-15(32-14)7-22-18(30)12-5-13(25-24-12)23-17(29)8-3-10(20)11(21)4-9(8)19/h3-5H,2,6-7H2,1H3,(H,22,30)(H2,23,24,25,29). The zero-order chi connectivity index (χ0) is 23.3. The van der Waals surface area contributed by atoms with Crippen LogP contribution >= 0.6 is 11.6 Å². The van der Waals surface area contributed by atoms with E-state index in [0.29, 0.717) is 12.1 Å². The van der Waals surface area contributed by atoms with E-state index in [4.69, 9.17) is 20.8 Å². The van der Waals surface area contributed by atoms with E-state index in [1.807, 2.05) is 0 Å². The van der Waals surface area contributed by atoms with Crippen molar-refractivity contribution in [3.63, 3.8) is 0 Å². The number of nitrogens with one attached hydrogen (secondary N) is 3. The van der Waals surface area contributed by atoms with Crippen LogP contribution in [0.25, 0.3) is 0 Å². The number of rotatable bonds is 8. The monoisotopic (exact) mass is 468 g/mol. The zero-order valence-electron chi connectivity index (χ0n) is 16.4. The van der Waals surface area contributed by atoms with Crippen LogP contribution in [0.2, 0.25) is 5.02 Å². The predicted molar refractivity (Wildman–Crippen MR) is 104 cm³/mol. The molecule has 0 spiro atoms. The number of nitrogens with zero attached hydrogens (tertiary/aromatic N) is 3. The number of esters is 1. The molecule has 2 aromatic heterocycles. The lowest BCUT2D eigenvalue weighted by Gasteiger charge is -2.05. The molecular formula is C18H15ClF2N6O5. The van der Waals surface area contributed by atoms with Crippen molar-refractivity contribution in [3.05, 3.63) is 57.9 Å². The van der Waals surface area contributed by atoms with Crippen LogP contribution in [0.1, 0.15) is 39.6 Å². The van der Waals surface area contributed by atoms with E-state index in [1.165, 1.54) is 6.07 Å². The van der Waals surface area contributed by atoms with Crippen molar-refractivity contribution in [2.24, 2.45) is 0 Å². The van der Waals surface area contributed by atoms with Gasteiger partial charge in [-0.25, -0.2) is 8.78 Å². The summed E-state index contributed by atoms with van der Waals surface area (Å²) >= 11 is 5.76. The fourth-order valence-electron chi connectivity index (χ4n) is 2.40. The van der Waals surface area contributed by atoms with Gasteiger partial charge in [0.25, 0.3) is 11.8 Å². The van der Waals surface area contributed by atoms with E-state index >= 15 is 0 Å². The molecule has 0 radical (unpaired) electrons. The van der Waals surface area contributed by atoms with Crippen LogP contribution in [0, 0.1) is 11.6 Å². The van der Waals surface area contributed by atoms with Gasteiger partial charge in [0.2, 0.25) is 11.8 Å². The molecule has 3 aromatic rings.